The van der Waals surface area contributed by atoms with Gasteiger partial charge in [-0.25, -0.2) is 0 Å². The third-order valence-electron chi connectivity index (χ3n) is 1.60. The fourth-order valence-corrected chi connectivity index (χ4v) is 0.907. The summed E-state index contributed by atoms with van der Waals surface area (Å²) >= 11 is 0. The molecule has 0 saturated heterocycles. The summed E-state index contributed by atoms with van der Waals surface area (Å²) in [6, 6.07) is 9.51. The van der Waals surface area contributed by atoms with Gasteiger partial charge in [0.05, 0.1) is 11.6 Å². The minimum Gasteiger partial charge on any atom is -0.192 e. The molecule has 0 aliphatic rings. The molecule has 0 amide bonds. The van der Waals surface area contributed by atoms with Crippen LogP contribution in [0.15, 0.2) is 42.5 Å². The van der Waals surface area contributed by atoms with Crippen LogP contribution in [0.1, 0.15) is 18.1 Å². The fraction of sp³-hybridized carbons (Fsp3) is 0.0833. The number of nitrogens with zero attached hydrogens (tertiary/aromatic N) is 1. The van der Waals surface area contributed by atoms with Crippen LogP contribution in [0.3, 0.4) is 0 Å². The molecule has 1 rings (SSSR count). The van der Waals surface area contributed by atoms with Crippen LogP contribution in [0.2, 0.25) is 0 Å². The second-order valence-electron chi connectivity index (χ2n) is 2.91. The van der Waals surface area contributed by atoms with Crippen molar-refractivity contribution < 1.29 is 0 Å². The monoisotopic (exact) mass is 169 g/mol. The van der Waals surface area contributed by atoms with Crippen molar-refractivity contribution in [3.05, 3.63) is 53.6 Å². The van der Waals surface area contributed by atoms with Gasteiger partial charge in [0.15, 0.2) is 0 Å². The van der Waals surface area contributed by atoms with E-state index < -0.39 is 0 Å². The predicted molar refractivity (Wildman–Crippen MR) is 55.0 cm³/mol. The minimum atomic E-state index is 0.687. The summed E-state index contributed by atoms with van der Waals surface area (Å²) in [5, 5.41) is 8.56. The zero-order chi connectivity index (χ0) is 9.68. The summed E-state index contributed by atoms with van der Waals surface area (Å²) in [5.41, 5.74) is 2.79. The molecule has 0 spiro atoms. The van der Waals surface area contributed by atoms with Crippen molar-refractivity contribution in [3.63, 3.8) is 0 Å². The standard InChI is InChI=1S/C12H11N/c1-10(2)3-4-11-5-7-12(9-13)8-6-11/h3-8H,1H2,2H3/b4-3+. The average Bonchev–Trinajstić information content (AvgIpc) is 2.15. The van der Waals surface area contributed by atoms with E-state index >= 15 is 0 Å². The summed E-state index contributed by atoms with van der Waals surface area (Å²) in [7, 11) is 0. The maximum atomic E-state index is 8.56. The summed E-state index contributed by atoms with van der Waals surface area (Å²) in [4.78, 5) is 0. The summed E-state index contributed by atoms with van der Waals surface area (Å²) in [5.74, 6) is 0. The smallest absolute Gasteiger partial charge is 0.0991 e. The Morgan fingerprint density at radius 3 is 2.46 bits per heavy atom. The van der Waals surface area contributed by atoms with Crippen LogP contribution in [-0.2, 0) is 0 Å². The molecule has 0 N–H and O–H groups in total. The average molecular weight is 169 g/mol. The van der Waals surface area contributed by atoms with Crippen molar-refractivity contribution in [2.75, 3.05) is 0 Å². The van der Waals surface area contributed by atoms with Gasteiger partial charge < -0.3 is 0 Å². The van der Waals surface area contributed by atoms with Gasteiger partial charge in [-0.2, -0.15) is 5.26 Å². The minimum absolute atomic E-state index is 0.687. The van der Waals surface area contributed by atoms with Gasteiger partial charge in [-0.1, -0.05) is 36.4 Å². The first kappa shape index (κ1) is 9.28. The summed E-state index contributed by atoms with van der Waals surface area (Å²) in [6.45, 7) is 5.71. The molecule has 1 aromatic rings. The Morgan fingerprint density at radius 2 is 2.00 bits per heavy atom. The molecule has 0 aliphatic carbocycles. The van der Waals surface area contributed by atoms with E-state index in [4.69, 9.17) is 5.26 Å². The van der Waals surface area contributed by atoms with E-state index in [2.05, 4.69) is 12.6 Å². The number of benzene rings is 1. The Labute approximate surface area is 78.6 Å². The van der Waals surface area contributed by atoms with Crippen molar-refractivity contribution in [1.82, 2.24) is 0 Å². The first-order valence-electron chi connectivity index (χ1n) is 4.06. The fourth-order valence-electron chi connectivity index (χ4n) is 0.907. The Morgan fingerprint density at radius 1 is 1.38 bits per heavy atom. The summed E-state index contributed by atoms with van der Waals surface area (Å²) < 4.78 is 0. The number of allylic oxidation sites excluding steroid dienone is 2. The highest BCUT2D eigenvalue weighted by atomic mass is 14.2. The lowest BCUT2D eigenvalue weighted by Gasteiger charge is -1.92. The van der Waals surface area contributed by atoms with Crippen molar-refractivity contribution in [1.29, 1.82) is 5.26 Å². The molecular formula is C12H11N. The molecular weight excluding hydrogens is 158 g/mol. The Kier molecular flexibility index (Phi) is 3.05. The first-order chi connectivity index (χ1) is 6.22. The molecule has 64 valence electrons. The third-order valence-corrected chi connectivity index (χ3v) is 1.60. The lowest BCUT2D eigenvalue weighted by atomic mass is 10.1. The maximum Gasteiger partial charge on any atom is 0.0991 e. The van der Waals surface area contributed by atoms with Gasteiger partial charge in [0, 0.05) is 0 Å². The normalized spacial score (nSPS) is 9.85. The molecule has 0 aliphatic heterocycles. The largest absolute Gasteiger partial charge is 0.192 e. The van der Waals surface area contributed by atoms with Crippen LogP contribution in [0.4, 0.5) is 0 Å². The van der Waals surface area contributed by atoms with Gasteiger partial charge in [0.2, 0.25) is 0 Å². The van der Waals surface area contributed by atoms with Crippen molar-refractivity contribution in [3.8, 4) is 6.07 Å². The topological polar surface area (TPSA) is 23.8 Å². The van der Waals surface area contributed by atoms with Gasteiger partial charge in [-0.05, 0) is 24.6 Å². The zero-order valence-electron chi connectivity index (χ0n) is 7.62. The van der Waals surface area contributed by atoms with E-state index in [-0.39, 0.29) is 0 Å². The number of nitriles is 1. The number of rotatable bonds is 2. The van der Waals surface area contributed by atoms with Crippen LogP contribution in [-0.4, -0.2) is 0 Å². The zero-order valence-corrected chi connectivity index (χ0v) is 7.62. The van der Waals surface area contributed by atoms with Gasteiger partial charge in [-0.15, -0.1) is 0 Å². The van der Waals surface area contributed by atoms with Crippen molar-refractivity contribution in [2.45, 2.75) is 6.92 Å². The van der Waals surface area contributed by atoms with Crippen LogP contribution < -0.4 is 0 Å². The van der Waals surface area contributed by atoms with E-state index in [9.17, 15) is 0 Å². The lowest BCUT2D eigenvalue weighted by molar-refractivity contribution is 1.48. The van der Waals surface area contributed by atoms with E-state index in [1.165, 1.54) is 0 Å². The van der Waals surface area contributed by atoms with Crippen LogP contribution in [0.5, 0.6) is 0 Å². The molecule has 0 saturated carbocycles. The lowest BCUT2D eigenvalue weighted by Crippen LogP contribution is -1.74. The van der Waals surface area contributed by atoms with Crippen LogP contribution in [0.25, 0.3) is 6.08 Å². The Balaban J connectivity index is 2.82. The highest BCUT2D eigenvalue weighted by Gasteiger charge is 1.88. The Hall–Kier alpha value is -1.81. The molecule has 1 aromatic carbocycles. The van der Waals surface area contributed by atoms with Gasteiger partial charge in [-0.3, -0.25) is 0 Å². The molecule has 0 unspecified atom stereocenters. The second kappa shape index (κ2) is 4.27. The van der Waals surface area contributed by atoms with E-state index in [1.807, 2.05) is 31.2 Å². The summed E-state index contributed by atoms with van der Waals surface area (Å²) in [6.07, 6.45) is 3.92. The predicted octanol–water partition coefficient (Wildman–Crippen LogP) is 3.15. The number of hydrogen-bond donors (Lipinski definition) is 0. The molecule has 13 heavy (non-hydrogen) atoms. The second-order valence-corrected chi connectivity index (χ2v) is 2.91. The molecule has 0 fully saturated rings. The molecule has 0 aromatic heterocycles. The highest BCUT2D eigenvalue weighted by Crippen LogP contribution is 2.06. The molecule has 0 heterocycles. The van der Waals surface area contributed by atoms with Crippen LogP contribution >= 0.6 is 0 Å². The maximum absolute atomic E-state index is 8.56. The van der Waals surface area contributed by atoms with Gasteiger partial charge in [0.1, 0.15) is 0 Å². The van der Waals surface area contributed by atoms with Crippen molar-refractivity contribution in [2.24, 2.45) is 0 Å². The molecule has 0 bridgehead atoms. The first-order valence-corrected chi connectivity index (χ1v) is 4.06. The van der Waals surface area contributed by atoms with E-state index in [0.29, 0.717) is 5.56 Å². The third kappa shape index (κ3) is 2.96. The molecule has 0 atom stereocenters. The Bertz CT molecular complexity index is 363. The molecule has 1 heteroatoms. The molecule has 0 radical (unpaired) electrons. The van der Waals surface area contributed by atoms with Gasteiger partial charge >= 0.3 is 0 Å². The van der Waals surface area contributed by atoms with Crippen LogP contribution in [0, 0.1) is 11.3 Å². The quantitative estimate of drug-likeness (QED) is 0.624. The van der Waals surface area contributed by atoms with E-state index in [1.54, 1.807) is 12.1 Å². The van der Waals surface area contributed by atoms with E-state index in [0.717, 1.165) is 11.1 Å². The van der Waals surface area contributed by atoms with Crippen molar-refractivity contribution >= 4 is 6.08 Å². The molecule has 1 nitrogen and oxygen atoms in total. The van der Waals surface area contributed by atoms with Gasteiger partial charge in [0.25, 0.3) is 0 Å². The highest BCUT2D eigenvalue weighted by molar-refractivity contribution is 5.53. The SMILES string of the molecule is C=C(C)/C=C/c1ccc(C#N)cc1. The number of hydrogen-bond acceptors (Lipinski definition) is 1.